The Morgan fingerprint density at radius 3 is 2.43 bits per heavy atom. The van der Waals surface area contributed by atoms with Crippen molar-refractivity contribution < 1.29 is 19.1 Å². The van der Waals surface area contributed by atoms with Crippen LogP contribution in [0.25, 0.3) is 0 Å². The van der Waals surface area contributed by atoms with Crippen molar-refractivity contribution in [3.8, 4) is 11.5 Å². The highest BCUT2D eigenvalue weighted by Gasteiger charge is 2.17. The molecule has 0 aliphatic carbocycles. The van der Waals surface area contributed by atoms with E-state index in [9.17, 15) is 9.59 Å². The quantitative estimate of drug-likeness (QED) is 0.842. The molecule has 0 saturated carbocycles. The van der Waals surface area contributed by atoms with Crippen LogP contribution < -0.4 is 20.1 Å². The van der Waals surface area contributed by atoms with E-state index in [4.69, 9.17) is 9.47 Å². The third-order valence-electron chi connectivity index (χ3n) is 3.10. The molecule has 0 aliphatic heterocycles. The summed E-state index contributed by atoms with van der Waals surface area (Å²) in [5, 5.41) is 4.96. The van der Waals surface area contributed by atoms with Gasteiger partial charge >= 0.3 is 11.8 Å². The molecule has 7 heteroatoms. The third-order valence-corrected chi connectivity index (χ3v) is 3.10. The first-order valence-corrected chi connectivity index (χ1v) is 6.81. The lowest BCUT2D eigenvalue weighted by molar-refractivity contribution is -0.133. The number of methoxy groups -OCH3 is 2. The summed E-state index contributed by atoms with van der Waals surface area (Å²) in [4.78, 5) is 28.0. The van der Waals surface area contributed by atoms with Crippen molar-refractivity contribution in [2.24, 2.45) is 0 Å². The molecule has 0 atom stereocenters. The summed E-state index contributed by atoms with van der Waals surface area (Å²) >= 11 is 0. The first-order valence-electron chi connectivity index (χ1n) is 6.81. The molecular weight excluding hydrogens is 298 g/mol. The molecule has 0 fully saturated rings. The van der Waals surface area contributed by atoms with Crippen LogP contribution in [0, 0.1) is 6.92 Å². The number of rotatable bonds is 4. The van der Waals surface area contributed by atoms with E-state index in [1.54, 1.807) is 37.3 Å². The Hall–Kier alpha value is -3.09. The maximum absolute atomic E-state index is 12.0. The molecule has 0 radical (unpaired) electrons. The average Bonchev–Trinajstić information content (AvgIpc) is 2.57. The number of pyridine rings is 1. The standard InChI is InChI=1S/C16H17N3O4/c1-10-5-4-8-17-14(10)19-16(21)15(20)18-12-7-6-11(22-2)9-13(12)23-3/h4-9H,1-3H3,(H,18,20)(H,17,19,21). The number of amides is 2. The lowest BCUT2D eigenvalue weighted by Gasteiger charge is -2.11. The van der Waals surface area contributed by atoms with Gasteiger partial charge in [0.05, 0.1) is 19.9 Å². The molecule has 1 heterocycles. The van der Waals surface area contributed by atoms with E-state index in [0.717, 1.165) is 5.56 Å². The molecule has 2 amide bonds. The summed E-state index contributed by atoms with van der Waals surface area (Å²) < 4.78 is 10.2. The van der Waals surface area contributed by atoms with Crippen molar-refractivity contribution in [1.82, 2.24) is 4.98 Å². The van der Waals surface area contributed by atoms with E-state index in [0.29, 0.717) is 23.0 Å². The molecule has 23 heavy (non-hydrogen) atoms. The monoisotopic (exact) mass is 315 g/mol. The van der Waals surface area contributed by atoms with Gasteiger partial charge < -0.3 is 20.1 Å². The number of carbonyl (C=O) groups excluding carboxylic acids is 2. The van der Waals surface area contributed by atoms with Crippen LogP contribution >= 0.6 is 0 Å². The molecule has 1 aromatic carbocycles. The van der Waals surface area contributed by atoms with Crippen LogP contribution in [0.2, 0.25) is 0 Å². The van der Waals surface area contributed by atoms with Crippen molar-refractivity contribution in [3.05, 3.63) is 42.1 Å². The second-order valence-electron chi connectivity index (χ2n) is 4.64. The minimum atomic E-state index is -0.821. The number of benzene rings is 1. The van der Waals surface area contributed by atoms with Crippen LogP contribution in [0.1, 0.15) is 5.56 Å². The second kappa shape index (κ2) is 7.26. The number of anilines is 2. The van der Waals surface area contributed by atoms with Gasteiger partial charge in [0.1, 0.15) is 17.3 Å². The molecule has 0 spiro atoms. The Balaban J connectivity index is 2.10. The Kier molecular flexibility index (Phi) is 5.14. The number of aryl methyl sites for hydroxylation is 1. The van der Waals surface area contributed by atoms with E-state index in [-0.39, 0.29) is 0 Å². The molecule has 2 aromatic rings. The number of carbonyl (C=O) groups is 2. The highest BCUT2D eigenvalue weighted by Crippen LogP contribution is 2.28. The molecule has 2 N–H and O–H groups in total. The van der Waals surface area contributed by atoms with Crippen LogP contribution in [0.15, 0.2) is 36.5 Å². The number of ether oxygens (including phenoxy) is 2. The Morgan fingerprint density at radius 2 is 1.78 bits per heavy atom. The normalized spacial score (nSPS) is 9.87. The Bertz CT molecular complexity index is 731. The highest BCUT2D eigenvalue weighted by atomic mass is 16.5. The van der Waals surface area contributed by atoms with Gasteiger partial charge in [-0.15, -0.1) is 0 Å². The van der Waals surface area contributed by atoms with Crippen LogP contribution in [-0.2, 0) is 9.59 Å². The van der Waals surface area contributed by atoms with Gasteiger partial charge in [0.2, 0.25) is 0 Å². The van der Waals surface area contributed by atoms with E-state index < -0.39 is 11.8 Å². The molecule has 0 bridgehead atoms. The minimum absolute atomic E-state index is 0.342. The molecule has 120 valence electrons. The summed E-state index contributed by atoms with van der Waals surface area (Å²) in [6.45, 7) is 1.78. The van der Waals surface area contributed by atoms with Gasteiger partial charge in [-0.05, 0) is 30.7 Å². The van der Waals surface area contributed by atoms with Gasteiger partial charge in [-0.25, -0.2) is 4.98 Å². The summed E-state index contributed by atoms with van der Waals surface area (Å²) in [6.07, 6.45) is 1.53. The van der Waals surface area contributed by atoms with E-state index in [1.807, 2.05) is 0 Å². The summed E-state index contributed by atoms with van der Waals surface area (Å²) in [7, 11) is 2.98. The first kappa shape index (κ1) is 16.3. The van der Waals surface area contributed by atoms with Crippen LogP contribution in [0.3, 0.4) is 0 Å². The van der Waals surface area contributed by atoms with Crippen LogP contribution in [0.5, 0.6) is 11.5 Å². The third kappa shape index (κ3) is 3.97. The first-order chi connectivity index (χ1) is 11.0. The molecular formula is C16H17N3O4. The van der Waals surface area contributed by atoms with Gasteiger partial charge in [-0.2, -0.15) is 0 Å². The van der Waals surface area contributed by atoms with Gasteiger partial charge in [-0.3, -0.25) is 9.59 Å². The van der Waals surface area contributed by atoms with Crippen molar-refractivity contribution in [2.75, 3.05) is 24.9 Å². The molecule has 2 rings (SSSR count). The maximum Gasteiger partial charge on any atom is 0.315 e. The smallest absolute Gasteiger partial charge is 0.315 e. The lowest BCUT2D eigenvalue weighted by Crippen LogP contribution is -2.29. The van der Waals surface area contributed by atoms with E-state index in [1.165, 1.54) is 20.4 Å². The number of nitrogens with zero attached hydrogens (tertiary/aromatic N) is 1. The second-order valence-corrected chi connectivity index (χ2v) is 4.64. The van der Waals surface area contributed by atoms with Gasteiger partial charge in [-0.1, -0.05) is 6.07 Å². The SMILES string of the molecule is COc1ccc(NC(=O)C(=O)Nc2ncccc2C)c(OC)c1. The van der Waals surface area contributed by atoms with E-state index in [2.05, 4.69) is 15.6 Å². The molecule has 0 aliphatic rings. The molecule has 0 unspecified atom stereocenters. The zero-order valence-corrected chi connectivity index (χ0v) is 13.0. The predicted molar refractivity (Wildman–Crippen MR) is 85.8 cm³/mol. The fourth-order valence-electron chi connectivity index (χ4n) is 1.86. The minimum Gasteiger partial charge on any atom is -0.497 e. The summed E-state index contributed by atoms with van der Waals surface area (Å²) in [6, 6.07) is 8.38. The number of hydrogen-bond acceptors (Lipinski definition) is 5. The number of aromatic nitrogens is 1. The zero-order valence-electron chi connectivity index (χ0n) is 13.0. The van der Waals surface area contributed by atoms with Crippen LogP contribution in [0.4, 0.5) is 11.5 Å². The summed E-state index contributed by atoms with van der Waals surface area (Å²) in [5.74, 6) is -0.328. The predicted octanol–water partition coefficient (Wildman–Crippen LogP) is 1.98. The Labute approximate surface area is 133 Å². The van der Waals surface area contributed by atoms with Crippen molar-refractivity contribution in [3.63, 3.8) is 0 Å². The molecule has 1 aromatic heterocycles. The van der Waals surface area contributed by atoms with E-state index >= 15 is 0 Å². The fraction of sp³-hybridized carbons (Fsp3) is 0.188. The fourth-order valence-corrected chi connectivity index (χ4v) is 1.86. The van der Waals surface area contributed by atoms with Gasteiger partial charge in [0, 0.05) is 12.3 Å². The topological polar surface area (TPSA) is 89.5 Å². The molecule has 7 nitrogen and oxygen atoms in total. The van der Waals surface area contributed by atoms with Crippen molar-refractivity contribution >= 4 is 23.3 Å². The zero-order chi connectivity index (χ0) is 16.8. The summed E-state index contributed by atoms with van der Waals surface area (Å²) in [5.41, 5.74) is 1.13. The Morgan fingerprint density at radius 1 is 1.04 bits per heavy atom. The largest absolute Gasteiger partial charge is 0.497 e. The maximum atomic E-state index is 12.0. The van der Waals surface area contributed by atoms with Crippen molar-refractivity contribution in [1.29, 1.82) is 0 Å². The average molecular weight is 315 g/mol. The molecule has 0 saturated heterocycles. The lowest BCUT2D eigenvalue weighted by atomic mass is 10.2. The van der Waals surface area contributed by atoms with Gasteiger partial charge in [0.25, 0.3) is 0 Å². The van der Waals surface area contributed by atoms with Crippen molar-refractivity contribution in [2.45, 2.75) is 6.92 Å². The van der Waals surface area contributed by atoms with Crippen LogP contribution in [-0.4, -0.2) is 31.0 Å². The number of nitrogens with one attached hydrogen (secondary N) is 2. The number of hydrogen-bond donors (Lipinski definition) is 2. The highest BCUT2D eigenvalue weighted by molar-refractivity contribution is 6.43. The van der Waals surface area contributed by atoms with Gasteiger partial charge in [0.15, 0.2) is 0 Å².